The summed E-state index contributed by atoms with van der Waals surface area (Å²) < 4.78 is 7.55. The van der Waals surface area contributed by atoms with Crippen LogP contribution in [0.3, 0.4) is 0 Å². The summed E-state index contributed by atoms with van der Waals surface area (Å²) in [6.45, 7) is 5.21. The number of phenols is 1. The minimum absolute atomic E-state index is 0.125. The van der Waals surface area contributed by atoms with E-state index in [1.54, 1.807) is 19.2 Å². The zero-order valence-corrected chi connectivity index (χ0v) is 16.4. The number of nitrogens with zero attached hydrogens (tertiary/aromatic N) is 4. The number of rotatable bonds is 6. The number of aromatic nitrogens is 3. The molecular formula is C20H27N5O3. The highest BCUT2D eigenvalue weighted by molar-refractivity contribution is 5.81. The average Bonchev–Trinajstić information content (AvgIpc) is 3.48. The van der Waals surface area contributed by atoms with Crippen LogP contribution in [0.15, 0.2) is 18.2 Å². The van der Waals surface area contributed by atoms with Gasteiger partial charge in [-0.25, -0.2) is 0 Å². The molecule has 8 heteroatoms. The van der Waals surface area contributed by atoms with Crippen molar-refractivity contribution >= 4 is 5.91 Å². The maximum Gasteiger partial charge on any atom is 0.223 e. The highest BCUT2D eigenvalue weighted by Gasteiger charge is 2.31. The molecule has 1 atom stereocenters. The molecule has 2 aliphatic rings. The summed E-state index contributed by atoms with van der Waals surface area (Å²) in [5.74, 6) is 3.00. The van der Waals surface area contributed by atoms with Gasteiger partial charge < -0.3 is 19.7 Å². The van der Waals surface area contributed by atoms with Crippen molar-refractivity contribution in [1.29, 1.82) is 0 Å². The fourth-order valence-electron chi connectivity index (χ4n) is 3.71. The maximum absolute atomic E-state index is 12.1. The summed E-state index contributed by atoms with van der Waals surface area (Å²) in [5, 5.41) is 21.4. The van der Waals surface area contributed by atoms with Gasteiger partial charge in [0.2, 0.25) is 5.91 Å². The molecule has 150 valence electrons. The van der Waals surface area contributed by atoms with Gasteiger partial charge >= 0.3 is 0 Å². The van der Waals surface area contributed by atoms with Gasteiger partial charge in [0.1, 0.15) is 17.3 Å². The van der Waals surface area contributed by atoms with Crippen molar-refractivity contribution in [2.75, 3.05) is 20.2 Å². The predicted octanol–water partition coefficient (Wildman–Crippen LogP) is 1.64. The molecule has 0 spiro atoms. The molecule has 2 heterocycles. The number of nitrogens with one attached hydrogen (secondary N) is 1. The van der Waals surface area contributed by atoms with Gasteiger partial charge in [-0.1, -0.05) is 6.07 Å². The van der Waals surface area contributed by atoms with Gasteiger partial charge in [0.25, 0.3) is 0 Å². The van der Waals surface area contributed by atoms with Gasteiger partial charge in [0, 0.05) is 50.1 Å². The van der Waals surface area contributed by atoms with E-state index in [2.05, 4.69) is 25.0 Å². The predicted molar refractivity (Wildman–Crippen MR) is 103 cm³/mol. The number of carbonyl (C=O) groups excluding carboxylic acids is 1. The Morgan fingerprint density at radius 2 is 2.14 bits per heavy atom. The summed E-state index contributed by atoms with van der Waals surface area (Å²) in [6, 6.07) is 5.09. The molecule has 1 aromatic carbocycles. The van der Waals surface area contributed by atoms with Gasteiger partial charge in [-0.05, 0) is 25.8 Å². The van der Waals surface area contributed by atoms with Crippen LogP contribution in [0.2, 0.25) is 0 Å². The molecule has 1 unspecified atom stereocenters. The third kappa shape index (κ3) is 3.96. The molecule has 8 nitrogen and oxygen atoms in total. The van der Waals surface area contributed by atoms with Crippen molar-refractivity contribution in [3.05, 3.63) is 35.4 Å². The van der Waals surface area contributed by atoms with Crippen LogP contribution in [-0.4, -0.2) is 50.9 Å². The second-order valence-corrected chi connectivity index (χ2v) is 7.65. The molecule has 1 aliphatic heterocycles. The number of amides is 1. The van der Waals surface area contributed by atoms with Crippen molar-refractivity contribution in [3.63, 3.8) is 0 Å². The molecule has 28 heavy (non-hydrogen) atoms. The van der Waals surface area contributed by atoms with E-state index in [0.717, 1.165) is 62.7 Å². The Labute approximate surface area is 164 Å². The van der Waals surface area contributed by atoms with Gasteiger partial charge in [0.05, 0.1) is 13.2 Å². The fourth-order valence-corrected chi connectivity index (χ4v) is 3.71. The van der Waals surface area contributed by atoms with E-state index in [-0.39, 0.29) is 23.6 Å². The zero-order valence-electron chi connectivity index (χ0n) is 16.4. The SMILES string of the molecule is COc1cc(O)ccc1CN1CCc2nnc(C(C)NC(=O)C3CC3)n2CC1. The van der Waals surface area contributed by atoms with Gasteiger partial charge in [-0.15, -0.1) is 10.2 Å². The lowest BCUT2D eigenvalue weighted by Gasteiger charge is -2.21. The van der Waals surface area contributed by atoms with Crippen molar-refractivity contribution in [1.82, 2.24) is 25.0 Å². The van der Waals surface area contributed by atoms with E-state index in [0.29, 0.717) is 5.75 Å². The summed E-state index contributed by atoms with van der Waals surface area (Å²) >= 11 is 0. The molecule has 4 rings (SSSR count). The highest BCUT2D eigenvalue weighted by Crippen LogP contribution is 2.30. The summed E-state index contributed by atoms with van der Waals surface area (Å²) in [7, 11) is 1.62. The first-order valence-electron chi connectivity index (χ1n) is 9.85. The molecule has 0 bridgehead atoms. The first-order chi connectivity index (χ1) is 13.5. The molecule has 1 aromatic heterocycles. The normalized spacial score (nSPS) is 18.2. The third-order valence-electron chi connectivity index (χ3n) is 5.51. The minimum atomic E-state index is -0.141. The lowest BCUT2D eigenvalue weighted by atomic mass is 10.1. The summed E-state index contributed by atoms with van der Waals surface area (Å²) in [6.07, 6.45) is 2.79. The van der Waals surface area contributed by atoms with Crippen LogP contribution in [0.5, 0.6) is 11.5 Å². The monoisotopic (exact) mass is 385 g/mol. The second-order valence-electron chi connectivity index (χ2n) is 7.65. The molecular weight excluding hydrogens is 358 g/mol. The molecule has 2 aromatic rings. The van der Waals surface area contributed by atoms with Crippen LogP contribution in [0.1, 0.15) is 43.0 Å². The van der Waals surface area contributed by atoms with Gasteiger partial charge in [-0.3, -0.25) is 9.69 Å². The number of hydrogen-bond donors (Lipinski definition) is 2. The first kappa shape index (κ1) is 18.7. The van der Waals surface area contributed by atoms with Crippen LogP contribution in [0.4, 0.5) is 0 Å². The molecule has 1 saturated carbocycles. The average molecular weight is 385 g/mol. The number of phenolic OH excluding ortho intramolecular Hbond substituents is 1. The van der Waals surface area contributed by atoms with Gasteiger partial charge in [0.15, 0.2) is 5.82 Å². The zero-order chi connectivity index (χ0) is 19.7. The Morgan fingerprint density at radius 1 is 1.32 bits per heavy atom. The second kappa shape index (κ2) is 7.79. The Morgan fingerprint density at radius 3 is 2.89 bits per heavy atom. The number of aromatic hydroxyl groups is 1. The van der Waals surface area contributed by atoms with E-state index < -0.39 is 0 Å². The number of carbonyl (C=O) groups is 1. The molecule has 2 N–H and O–H groups in total. The maximum atomic E-state index is 12.1. The smallest absolute Gasteiger partial charge is 0.223 e. The number of fused-ring (bicyclic) bond motifs is 1. The number of methoxy groups -OCH3 is 1. The van der Waals surface area contributed by atoms with E-state index in [4.69, 9.17) is 4.74 Å². The Hall–Kier alpha value is -2.61. The molecule has 1 amide bonds. The molecule has 1 aliphatic carbocycles. The number of hydrogen-bond acceptors (Lipinski definition) is 6. The lowest BCUT2D eigenvalue weighted by Crippen LogP contribution is -2.31. The standard InChI is InChI=1S/C20H27N5O3/c1-13(21-20(27)14-3-4-14)19-23-22-18-7-8-24(9-10-25(18)19)12-15-5-6-16(26)11-17(15)28-2/h5-6,11,13-14,26H,3-4,7-10,12H2,1-2H3,(H,21,27). The van der Waals surface area contributed by atoms with Crippen molar-refractivity contribution in [2.45, 2.75) is 45.3 Å². The van der Waals surface area contributed by atoms with E-state index in [1.807, 2.05) is 13.0 Å². The molecule has 1 fully saturated rings. The topological polar surface area (TPSA) is 92.5 Å². The fraction of sp³-hybridized carbons (Fsp3) is 0.550. The van der Waals surface area contributed by atoms with Gasteiger partial charge in [-0.2, -0.15) is 0 Å². The van der Waals surface area contributed by atoms with Crippen molar-refractivity contribution < 1.29 is 14.6 Å². The Kier molecular flexibility index (Phi) is 5.21. The van der Waals surface area contributed by atoms with Crippen LogP contribution in [0.25, 0.3) is 0 Å². The lowest BCUT2D eigenvalue weighted by molar-refractivity contribution is -0.123. The number of ether oxygens (including phenoxy) is 1. The third-order valence-corrected chi connectivity index (χ3v) is 5.51. The van der Waals surface area contributed by atoms with Crippen LogP contribution < -0.4 is 10.1 Å². The van der Waals surface area contributed by atoms with Crippen molar-refractivity contribution in [3.8, 4) is 11.5 Å². The number of benzene rings is 1. The van der Waals surface area contributed by atoms with Crippen LogP contribution in [-0.2, 0) is 24.3 Å². The first-order valence-corrected chi connectivity index (χ1v) is 9.85. The van der Waals surface area contributed by atoms with Crippen molar-refractivity contribution in [2.24, 2.45) is 5.92 Å². The van der Waals surface area contributed by atoms with E-state index >= 15 is 0 Å². The Bertz CT molecular complexity index is 862. The quantitative estimate of drug-likeness (QED) is 0.785. The minimum Gasteiger partial charge on any atom is -0.508 e. The Balaban J connectivity index is 1.43. The van der Waals surface area contributed by atoms with E-state index in [9.17, 15) is 9.90 Å². The largest absolute Gasteiger partial charge is 0.508 e. The molecule has 0 radical (unpaired) electrons. The summed E-state index contributed by atoms with van der Waals surface area (Å²) in [5.41, 5.74) is 1.04. The summed E-state index contributed by atoms with van der Waals surface area (Å²) in [4.78, 5) is 14.4. The van der Waals surface area contributed by atoms with Crippen LogP contribution in [0, 0.1) is 5.92 Å². The molecule has 0 saturated heterocycles. The highest BCUT2D eigenvalue weighted by atomic mass is 16.5. The van der Waals surface area contributed by atoms with E-state index in [1.165, 1.54) is 0 Å². The van der Waals surface area contributed by atoms with Crippen LogP contribution >= 0.6 is 0 Å².